The molecule has 0 saturated heterocycles. The first-order chi connectivity index (χ1) is 15.1. The molecule has 8 heteroatoms. The second kappa shape index (κ2) is 14.6. The molecular formula is C24H36N2O5S. The molecule has 0 aromatic heterocycles. The number of nitrogens with one attached hydrogen (secondary N) is 1. The predicted molar refractivity (Wildman–Crippen MR) is 130 cm³/mol. The number of nitrogen functional groups attached to an aromatic ring is 1. The number of rotatable bonds is 12. The van der Waals surface area contributed by atoms with E-state index in [-0.39, 0.29) is 11.8 Å². The molecular weight excluding hydrogens is 428 g/mol. The van der Waals surface area contributed by atoms with E-state index < -0.39 is 10.1 Å². The van der Waals surface area contributed by atoms with Crippen LogP contribution in [0.2, 0.25) is 0 Å². The monoisotopic (exact) mass is 464 g/mol. The third-order valence-electron chi connectivity index (χ3n) is 4.84. The molecule has 0 aliphatic rings. The maximum Gasteiger partial charge on any atom is 0.311 e. The average molecular weight is 465 g/mol. The first-order valence-electron chi connectivity index (χ1n) is 11.1. The quantitative estimate of drug-likeness (QED) is 0.0955. The standard InChI is InChI=1S/C23H32N2O2.CH4O3S/c1-2-3-4-5-6-7-8-9-10-11-22(26)27-21-15-14-18-16-20(23(24)25)13-12-19(18)17-21;1-5(2,3)4/h12-17H,2-11H2,1H3,(H3,24,25);1H3,(H,2,3,4). The zero-order valence-corrected chi connectivity index (χ0v) is 19.9. The van der Waals surface area contributed by atoms with Gasteiger partial charge in [0.2, 0.25) is 0 Å². The van der Waals surface area contributed by atoms with Crippen molar-refractivity contribution in [3.63, 3.8) is 0 Å². The van der Waals surface area contributed by atoms with Crippen LogP contribution in [0, 0.1) is 5.41 Å². The van der Waals surface area contributed by atoms with Gasteiger partial charge in [0, 0.05) is 12.0 Å². The number of carbonyl (C=O) groups is 1. The Kier molecular flexibility index (Phi) is 12.6. The van der Waals surface area contributed by atoms with Gasteiger partial charge in [-0.3, -0.25) is 14.8 Å². The molecule has 7 nitrogen and oxygen atoms in total. The fourth-order valence-corrected chi connectivity index (χ4v) is 3.22. The van der Waals surface area contributed by atoms with E-state index in [4.69, 9.17) is 20.4 Å². The summed E-state index contributed by atoms with van der Waals surface area (Å²) in [5.74, 6) is 0.449. The van der Waals surface area contributed by atoms with Gasteiger partial charge >= 0.3 is 5.97 Å². The Labute approximate surface area is 191 Å². The van der Waals surface area contributed by atoms with Gasteiger partial charge in [0.1, 0.15) is 11.6 Å². The molecule has 0 aliphatic carbocycles. The lowest BCUT2D eigenvalue weighted by Gasteiger charge is -2.07. The molecule has 0 radical (unpaired) electrons. The lowest BCUT2D eigenvalue weighted by Crippen LogP contribution is -2.10. The molecule has 178 valence electrons. The fourth-order valence-electron chi connectivity index (χ4n) is 3.22. The SMILES string of the molecule is CCCCCCCCCCCC(=O)Oc1ccc2cc(C(=N)N)ccc2c1.CS(=O)(=O)O. The number of amidine groups is 1. The highest BCUT2D eigenvalue weighted by molar-refractivity contribution is 7.85. The number of benzene rings is 2. The Bertz CT molecular complexity index is 966. The van der Waals surface area contributed by atoms with Crippen LogP contribution in [-0.2, 0) is 14.9 Å². The number of carbonyl (C=O) groups excluding carboxylic acids is 1. The average Bonchev–Trinajstić information content (AvgIpc) is 2.71. The molecule has 2 aromatic rings. The minimum Gasteiger partial charge on any atom is -0.427 e. The van der Waals surface area contributed by atoms with Crippen LogP contribution >= 0.6 is 0 Å². The Morgan fingerprint density at radius 3 is 2.00 bits per heavy atom. The number of unbranched alkanes of at least 4 members (excludes halogenated alkanes) is 8. The highest BCUT2D eigenvalue weighted by atomic mass is 32.2. The molecule has 0 aliphatic heterocycles. The lowest BCUT2D eigenvalue weighted by molar-refractivity contribution is -0.134. The molecule has 0 unspecified atom stereocenters. The van der Waals surface area contributed by atoms with Gasteiger partial charge in [-0.2, -0.15) is 8.42 Å². The zero-order chi connectivity index (χ0) is 24.0. The fraction of sp³-hybridized carbons (Fsp3) is 0.500. The minimum atomic E-state index is -3.67. The molecule has 2 aromatic carbocycles. The molecule has 0 atom stereocenters. The number of fused-ring (bicyclic) bond motifs is 1. The van der Waals surface area contributed by atoms with E-state index in [2.05, 4.69) is 6.92 Å². The summed E-state index contributed by atoms with van der Waals surface area (Å²) in [6.07, 6.45) is 12.3. The van der Waals surface area contributed by atoms with Crippen LogP contribution in [0.5, 0.6) is 5.75 Å². The van der Waals surface area contributed by atoms with Crippen LogP contribution in [0.25, 0.3) is 10.8 Å². The van der Waals surface area contributed by atoms with Crippen molar-refractivity contribution in [1.82, 2.24) is 0 Å². The molecule has 0 fully saturated rings. The van der Waals surface area contributed by atoms with Crippen LogP contribution in [0.4, 0.5) is 0 Å². The summed E-state index contributed by atoms with van der Waals surface area (Å²) in [4.78, 5) is 12.0. The summed E-state index contributed by atoms with van der Waals surface area (Å²) in [5.41, 5.74) is 6.21. The van der Waals surface area contributed by atoms with Crippen molar-refractivity contribution in [2.24, 2.45) is 5.73 Å². The van der Waals surface area contributed by atoms with Gasteiger partial charge in [0.25, 0.3) is 10.1 Å². The summed E-state index contributed by atoms with van der Waals surface area (Å²) < 4.78 is 31.3. The molecule has 2 rings (SSSR count). The van der Waals surface area contributed by atoms with Crippen LogP contribution in [0.3, 0.4) is 0 Å². The Hall–Kier alpha value is -2.45. The van der Waals surface area contributed by atoms with Gasteiger partial charge in [0.05, 0.1) is 6.26 Å². The zero-order valence-electron chi connectivity index (χ0n) is 19.1. The van der Waals surface area contributed by atoms with Crippen LogP contribution in [0.1, 0.15) is 76.7 Å². The summed E-state index contributed by atoms with van der Waals surface area (Å²) in [6.45, 7) is 2.24. The number of hydrogen-bond acceptors (Lipinski definition) is 5. The lowest BCUT2D eigenvalue weighted by atomic mass is 10.1. The van der Waals surface area contributed by atoms with Crippen molar-refractivity contribution < 1.29 is 22.5 Å². The van der Waals surface area contributed by atoms with E-state index >= 15 is 0 Å². The van der Waals surface area contributed by atoms with E-state index in [1.807, 2.05) is 24.3 Å². The maximum absolute atomic E-state index is 12.0. The topological polar surface area (TPSA) is 131 Å². The van der Waals surface area contributed by atoms with Crippen molar-refractivity contribution in [1.29, 1.82) is 5.41 Å². The molecule has 0 amide bonds. The molecule has 4 N–H and O–H groups in total. The van der Waals surface area contributed by atoms with E-state index in [1.165, 1.54) is 44.9 Å². The molecule has 0 saturated carbocycles. The van der Waals surface area contributed by atoms with Crippen LogP contribution in [0.15, 0.2) is 36.4 Å². The second-order valence-electron chi connectivity index (χ2n) is 7.92. The second-order valence-corrected chi connectivity index (χ2v) is 9.39. The first kappa shape index (κ1) is 27.6. The molecule has 0 spiro atoms. The van der Waals surface area contributed by atoms with Crippen LogP contribution in [-0.4, -0.2) is 31.0 Å². The Morgan fingerprint density at radius 1 is 0.938 bits per heavy atom. The molecule has 0 bridgehead atoms. The largest absolute Gasteiger partial charge is 0.427 e. The smallest absolute Gasteiger partial charge is 0.311 e. The van der Waals surface area contributed by atoms with Gasteiger partial charge in [0.15, 0.2) is 0 Å². The number of hydrogen-bond donors (Lipinski definition) is 3. The summed E-state index contributed by atoms with van der Waals surface area (Å²) >= 11 is 0. The Balaban J connectivity index is 0.000000920. The predicted octanol–water partition coefficient (Wildman–Crippen LogP) is 5.45. The van der Waals surface area contributed by atoms with Crippen molar-refractivity contribution >= 4 is 32.7 Å². The van der Waals surface area contributed by atoms with E-state index in [0.717, 1.165) is 23.6 Å². The number of esters is 1. The summed E-state index contributed by atoms with van der Waals surface area (Å²) in [5, 5.41) is 9.44. The van der Waals surface area contributed by atoms with Gasteiger partial charge in [-0.15, -0.1) is 0 Å². The highest BCUT2D eigenvalue weighted by Crippen LogP contribution is 2.22. The third-order valence-corrected chi connectivity index (χ3v) is 4.84. The normalized spacial score (nSPS) is 11.0. The maximum atomic E-state index is 12.0. The van der Waals surface area contributed by atoms with Crippen molar-refractivity contribution in [3.05, 3.63) is 42.0 Å². The van der Waals surface area contributed by atoms with E-state index in [0.29, 0.717) is 24.0 Å². The van der Waals surface area contributed by atoms with Crippen molar-refractivity contribution in [2.45, 2.75) is 71.1 Å². The number of nitrogens with two attached hydrogens (primary N) is 1. The molecule has 0 heterocycles. The van der Waals surface area contributed by atoms with Gasteiger partial charge in [-0.05, 0) is 35.4 Å². The van der Waals surface area contributed by atoms with Crippen LogP contribution < -0.4 is 10.5 Å². The van der Waals surface area contributed by atoms with Gasteiger partial charge in [-0.25, -0.2) is 0 Å². The van der Waals surface area contributed by atoms with Crippen molar-refractivity contribution in [3.8, 4) is 5.75 Å². The van der Waals surface area contributed by atoms with Gasteiger partial charge < -0.3 is 10.5 Å². The van der Waals surface area contributed by atoms with E-state index in [1.54, 1.807) is 12.1 Å². The first-order valence-corrected chi connectivity index (χ1v) is 13.0. The molecule has 32 heavy (non-hydrogen) atoms. The highest BCUT2D eigenvalue weighted by Gasteiger charge is 2.06. The Morgan fingerprint density at radius 2 is 1.44 bits per heavy atom. The summed E-state index contributed by atoms with van der Waals surface area (Å²) in [6, 6.07) is 11.1. The summed E-state index contributed by atoms with van der Waals surface area (Å²) in [7, 11) is -3.67. The van der Waals surface area contributed by atoms with E-state index in [9.17, 15) is 13.2 Å². The van der Waals surface area contributed by atoms with Gasteiger partial charge in [-0.1, -0.05) is 76.5 Å². The minimum absolute atomic E-state index is 0.0494. The van der Waals surface area contributed by atoms with Crippen molar-refractivity contribution in [2.75, 3.05) is 6.26 Å². The number of ether oxygens (including phenoxy) is 1. The third kappa shape index (κ3) is 13.1.